The highest BCUT2D eigenvalue weighted by molar-refractivity contribution is 7.80. The first-order valence-electron chi connectivity index (χ1n) is 11.6. The minimum atomic E-state index is -0.522. The van der Waals surface area contributed by atoms with Crippen LogP contribution in [-0.2, 0) is 20.7 Å². The minimum absolute atomic E-state index is 0.149. The van der Waals surface area contributed by atoms with Crippen LogP contribution in [-0.4, -0.2) is 48.9 Å². The monoisotopic (exact) mass is 496 g/mol. The summed E-state index contributed by atoms with van der Waals surface area (Å²) in [5, 5.41) is 9.57. The lowest BCUT2D eigenvalue weighted by atomic mass is 9.94. The van der Waals surface area contributed by atoms with Crippen LogP contribution in [0.5, 0.6) is 0 Å². The molecular weight excluding hydrogens is 464 g/mol. The Labute approximate surface area is 211 Å². The van der Waals surface area contributed by atoms with E-state index in [4.69, 9.17) is 21.7 Å². The van der Waals surface area contributed by atoms with Crippen molar-refractivity contribution in [1.29, 1.82) is 0 Å². The number of benzene rings is 2. The number of amides is 2. The van der Waals surface area contributed by atoms with Gasteiger partial charge in [-0.3, -0.25) is 0 Å². The number of ether oxygens (including phenoxy) is 2. The van der Waals surface area contributed by atoms with Crippen LogP contribution < -0.4 is 16.0 Å². The van der Waals surface area contributed by atoms with Gasteiger partial charge in [0, 0.05) is 30.7 Å². The zero-order valence-corrected chi connectivity index (χ0v) is 21.3. The van der Waals surface area contributed by atoms with Crippen molar-refractivity contribution in [3.63, 3.8) is 0 Å². The van der Waals surface area contributed by atoms with E-state index in [1.54, 1.807) is 13.2 Å². The van der Waals surface area contributed by atoms with E-state index < -0.39 is 12.0 Å². The summed E-state index contributed by atoms with van der Waals surface area (Å²) >= 11 is 5.55. The molecular formula is C26H32N4O4S. The van der Waals surface area contributed by atoms with Gasteiger partial charge in [-0.2, -0.15) is 0 Å². The Morgan fingerprint density at radius 1 is 1.09 bits per heavy atom. The van der Waals surface area contributed by atoms with E-state index >= 15 is 0 Å². The number of rotatable bonds is 9. The van der Waals surface area contributed by atoms with Crippen molar-refractivity contribution >= 4 is 40.7 Å². The molecule has 0 unspecified atom stereocenters. The number of nitrogens with zero attached hydrogens (tertiary/aromatic N) is 1. The first-order valence-corrected chi connectivity index (χ1v) is 12.0. The van der Waals surface area contributed by atoms with Gasteiger partial charge in [-0.25, -0.2) is 9.59 Å². The second kappa shape index (κ2) is 12.3. The van der Waals surface area contributed by atoms with Crippen LogP contribution in [0.2, 0.25) is 0 Å². The molecule has 0 spiro atoms. The van der Waals surface area contributed by atoms with Crippen molar-refractivity contribution in [3.8, 4) is 0 Å². The maximum atomic E-state index is 13.0. The van der Waals surface area contributed by atoms with E-state index in [2.05, 4.69) is 16.0 Å². The summed E-state index contributed by atoms with van der Waals surface area (Å²) < 4.78 is 10.4. The summed E-state index contributed by atoms with van der Waals surface area (Å²) in [5.41, 5.74) is 4.37. The molecule has 2 aromatic carbocycles. The predicted molar refractivity (Wildman–Crippen MR) is 141 cm³/mol. The van der Waals surface area contributed by atoms with Gasteiger partial charge < -0.3 is 30.3 Å². The van der Waals surface area contributed by atoms with Crippen LogP contribution >= 0.6 is 12.2 Å². The van der Waals surface area contributed by atoms with Crippen LogP contribution in [0.4, 0.5) is 16.2 Å². The molecule has 0 saturated carbocycles. The lowest BCUT2D eigenvalue weighted by Crippen LogP contribution is -2.47. The van der Waals surface area contributed by atoms with Gasteiger partial charge in [0.05, 0.1) is 18.2 Å². The number of para-hydroxylation sites is 1. The van der Waals surface area contributed by atoms with Gasteiger partial charge in [0.1, 0.15) is 6.61 Å². The molecule has 3 N–H and O–H groups in total. The molecule has 35 heavy (non-hydrogen) atoms. The summed E-state index contributed by atoms with van der Waals surface area (Å²) in [6.45, 7) is 6.93. The third-order valence-electron chi connectivity index (χ3n) is 5.78. The van der Waals surface area contributed by atoms with Crippen molar-refractivity contribution in [2.75, 3.05) is 37.5 Å². The van der Waals surface area contributed by atoms with Gasteiger partial charge in [0.25, 0.3) is 0 Å². The highest BCUT2D eigenvalue weighted by atomic mass is 32.1. The smallest absolute Gasteiger partial charge is 0.338 e. The number of hydrogen-bond acceptors (Lipinski definition) is 5. The highest BCUT2D eigenvalue weighted by Gasteiger charge is 2.34. The minimum Gasteiger partial charge on any atom is -0.460 e. The number of methoxy groups -OCH3 is 1. The number of carbonyl (C=O) groups is 2. The van der Waals surface area contributed by atoms with Gasteiger partial charge in [-0.1, -0.05) is 37.3 Å². The summed E-state index contributed by atoms with van der Waals surface area (Å²) in [5.74, 6) is -0.440. The predicted octanol–water partition coefficient (Wildman–Crippen LogP) is 4.61. The molecule has 0 radical (unpaired) electrons. The quantitative estimate of drug-likeness (QED) is 0.265. The average molecular weight is 497 g/mol. The molecule has 3 rings (SSSR count). The summed E-state index contributed by atoms with van der Waals surface area (Å²) in [6, 6.07) is 14.1. The third kappa shape index (κ3) is 6.37. The summed E-state index contributed by atoms with van der Waals surface area (Å²) in [4.78, 5) is 27.6. The number of carbonyl (C=O) groups excluding carboxylic acids is 2. The summed E-state index contributed by atoms with van der Waals surface area (Å²) in [6.07, 6.45) is 0.808. The van der Waals surface area contributed by atoms with E-state index in [9.17, 15) is 9.59 Å². The molecule has 1 heterocycles. The normalized spacial score (nSPS) is 15.5. The standard InChI is InChI=1S/C26H32N4O4S/c1-5-18-10-7-8-13-21(18)28-25(32)27-20-12-9-11-19(16-20)23-22(24(31)34-15-14-33-4)17(3)30(6-2)26(35)29-23/h7-13,16,23H,5-6,14-15H2,1-4H3,(H,29,35)(H2,27,28,32)/t23-/m1/s1. The molecule has 2 aromatic rings. The summed E-state index contributed by atoms with van der Waals surface area (Å²) in [7, 11) is 1.55. The topological polar surface area (TPSA) is 91.9 Å². The molecule has 0 fully saturated rings. The number of esters is 1. The Morgan fingerprint density at radius 3 is 2.57 bits per heavy atom. The Kier molecular flexibility index (Phi) is 9.22. The maximum Gasteiger partial charge on any atom is 0.338 e. The Bertz CT molecular complexity index is 1120. The maximum absolute atomic E-state index is 13.0. The van der Waals surface area contributed by atoms with E-state index in [0.29, 0.717) is 29.5 Å². The molecule has 1 aliphatic rings. The highest BCUT2D eigenvalue weighted by Crippen LogP contribution is 2.32. The number of hydrogen-bond donors (Lipinski definition) is 3. The van der Waals surface area contributed by atoms with Crippen LogP contribution in [0.1, 0.15) is 37.9 Å². The van der Waals surface area contributed by atoms with E-state index in [1.807, 2.05) is 68.1 Å². The molecule has 186 valence electrons. The molecule has 1 atom stereocenters. The second-order valence-electron chi connectivity index (χ2n) is 7.97. The average Bonchev–Trinajstić information content (AvgIpc) is 2.84. The Balaban J connectivity index is 1.85. The van der Waals surface area contributed by atoms with Crippen molar-refractivity contribution in [2.24, 2.45) is 0 Å². The van der Waals surface area contributed by atoms with Crippen molar-refractivity contribution in [1.82, 2.24) is 10.2 Å². The zero-order valence-electron chi connectivity index (χ0n) is 20.5. The molecule has 9 heteroatoms. The first kappa shape index (κ1) is 26.2. The molecule has 8 nitrogen and oxygen atoms in total. The fourth-order valence-corrected chi connectivity index (χ4v) is 4.39. The van der Waals surface area contributed by atoms with Crippen molar-refractivity contribution in [2.45, 2.75) is 33.2 Å². The molecule has 0 aromatic heterocycles. The van der Waals surface area contributed by atoms with Gasteiger partial charge >= 0.3 is 12.0 Å². The second-order valence-corrected chi connectivity index (χ2v) is 8.36. The van der Waals surface area contributed by atoms with Crippen molar-refractivity contribution < 1.29 is 19.1 Å². The number of thiocarbonyl (C=S) groups is 1. The third-order valence-corrected chi connectivity index (χ3v) is 6.12. The molecule has 0 bridgehead atoms. The molecule has 0 saturated heterocycles. The van der Waals surface area contributed by atoms with Gasteiger partial charge in [0.15, 0.2) is 5.11 Å². The van der Waals surface area contributed by atoms with E-state index in [0.717, 1.165) is 28.9 Å². The van der Waals surface area contributed by atoms with Crippen LogP contribution in [0.15, 0.2) is 59.8 Å². The fourth-order valence-electron chi connectivity index (χ4n) is 4.00. The fraction of sp³-hybridized carbons (Fsp3) is 0.346. The Hall–Kier alpha value is -3.43. The van der Waals surface area contributed by atoms with Gasteiger partial charge in [0.2, 0.25) is 0 Å². The van der Waals surface area contributed by atoms with Crippen LogP contribution in [0, 0.1) is 0 Å². The SMILES string of the molecule is CCc1ccccc1NC(=O)Nc1cccc([C@H]2NC(=S)N(CC)C(C)=C2C(=O)OCCOC)c1. The van der Waals surface area contributed by atoms with Crippen LogP contribution in [0.25, 0.3) is 0 Å². The molecule has 2 amide bonds. The van der Waals surface area contributed by atoms with Crippen LogP contribution in [0.3, 0.4) is 0 Å². The lowest BCUT2D eigenvalue weighted by Gasteiger charge is -2.37. The number of anilines is 2. The number of urea groups is 1. The van der Waals surface area contributed by atoms with Gasteiger partial charge in [-0.05, 0) is 61.8 Å². The Morgan fingerprint density at radius 2 is 1.86 bits per heavy atom. The number of allylic oxidation sites excluding steroid dienone is 1. The lowest BCUT2D eigenvalue weighted by molar-refractivity contribution is -0.140. The van der Waals surface area contributed by atoms with Crippen molar-refractivity contribution in [3.05, 3.63) is 70.9 Å². The number of nitrogens with one attached hydrogen (secondary N) is 3. The zero-order chi connectivity index (χ0) is 25.4. The van der Waals surface area contributed by atoms with Gasteiger partial charge in [-0.15, -0.1) is 0 Å². The first-order chi connectivity index (χ1) is 16.9. The van der Waals surface area contributed by atoms with E-state index in [1.165, 1.54) is 0 Å². The van der Waals surface area contributed by atoms with E-state index in [-0.39, 0.29) is 12.6 Å². The molecule has 1 aliphatic heterocycles. The molecule has 0 aliphatic carbocycles. The largest absolute Gasteiger partial charge is 0.460 e. The number of aryl methyl sites for hydroxylation is 1.